The number of carbonyl (C=O) groups excluding carboxylic acids is 1. The normalized spacial score (nSPS) is 27.8. The number of carbonyl (C=O) groups is 1. The van der Waals surface area contributed by atoms with Crippen LogP contribution in [-0.2, 0) is 17.6 Å². The van der Waals surface area contributed by atoms with Crippen LogP contribution in [0.4, 0.5) is 0 Å². The fourth-order valence-corrected chi connectivity index (χ4v) is 3.90. The molecular formula is C18H25NO. The van der Waals surface area contributed by atoms with Crippen LogP contribution >= 0.6 is 0 Å². The van der Waals surface area contributed by atoms with E-state index in [4.69, 9.17) is 0 Å². The monoisotopic (exact) mass is 271 g/mol. The van der Waals surface area contributed by atoms with E-state index in [0.29, 0.717) is 12.5 Å². The van der Waals surface area contributed by atoms with Gasteiger partial charge >= 0.3 is 0 Å². The van der Waals surface area contributed by atoms with E-state index in [1.54, 1.807) is 0 Å². The molecule has 0 radical (unpaired) electrons. The number of nitrogens with one attached hydrogen (secondary N) is 1. The molecular weight excluding hydrogens is 246 g/mol. The number of amides is 1. The van der Waals surface area contributed by atoms with E-state index >= 15 is 0 Å². The van der Waals surface area contributed by atoms with Crippen molar-refractivity contribution in [1.82, 2.24) is 5.32 Å². The minimum Gasteiger partial charge on any atom is -0.353 e. The number of fused-ring (bicyclic) bond motifs is 2. The van der Waals surface area contributed by atoms with Crippen LogP contribution < -0.4 is 5.32 Å². The Balaban J connectivity index is 1.44. The number of rotatable bonds is 5. The second-order valence-corrected chi connectivity index (χ2v) is 6.52. The predicted octanol–water partition coefficient (Wildman–Crippen LogP) is 3.49. The third-order valence-corrected chi connectivity index (χ3v) is 5.16. The predicted molar refractivity (Wildman–Crippen MR) is 81.5 cm³/mol. The van der Waals surface area contributed by atoms with E-state index in [0.717, 1.165) is 24.7 Å². The molecule has 0 heterocycles. The molecule has 2 heteroatoms. The van der Waals surface area contributed by atoms with E-state index < -0.39 is 0 Å². The Morgan fingerprint density at radius 2 is 1.90 bits per heavy atom. The van der Waals surface area contributed by atoms with Gasteiger partial charge in [0.05, 0.1) is 0 Å². The molecule has 1 amide bonds. The summed E-state index contributed by atoms with van der Waals surface area (Å²) >= 11 is 0. The number of hydrogen-bond donors (Lipinski definition) is 1. The summed E-state index contributed by atoms with van der Waals surface area (Å²) in [4.78, 5) is 12.1. The van der Waals surface area contributed by atoms with Gasteiger partial charge in [-0.05, 0) is 55.1 Å². The Bertz CT molecular complexity index is 465. The fraction of sp³-hybridized carbons (Fsp3) is 0.611. The zero-order valence-electron chi connectivity index (χ0n) is 12.4. The topological polar surface area (TPSA) is 29.1 Å². The van der Waals surface area contributed by atoms with Gasteiger partial charge in [-0.25, -0.2) is 0 Å². The third kappa shape index (κ3) is 3.05. The summed E-state index contributed by atoms with van der Waals surface area (Å²) < 4.78 is 0. The van der Waals surface area contributed by atoms with Crippen LogP contribution in [0.15, 0.2) is 24.3 Å². The molecule has 2 nitrogen and oxygen atoms in total. The summed E-state index contributed by atoms with van der Waals surface area (Å²) in [5.41, 5.74) is 2.63. The molecule has 2 fully saturated rings. The van der Waals surface area contributed by atoms with Crippen molar-refractivity contribution in [3.05, 3.63) is 35.4 Å². The van der Waals surface area contributed by atoms with Gasteiger partial charge in [0, 0.05) is 12.5 Å². The molecule has 0 spiro atoms. The van der Waals surface area contributed by atoms with Crippen LogP contribution in [0.3, 0.4) is 0 Å². The van der Waals surface area contributed by atoms with E-state index in [9.17, 15) is 4.79 Å². The molecule has 108 valence electrons. The molecule has 0 aromatic heterocycles. The highest BCUT2D eigenvalue weighted by Gasteiger charge is 2.39. The van der Waals surface area contributed by atoms with Gasteiger partial charge in [0.2, 0.25) is 5.91 Å². The first kappa shape index (κ1) is 13.7. The first-order valence-electron chi connectivity index (χ1n) is 8.11. The molecule has 2 aliphatic rings. The van der Waals surface area contributed by atoms with Gasteiger partial charge in [0.1, 0.15) is 0 Å². The Labute approximate surface area is 122 Å². The van der Waals surface area contributed by atoms with Crippen LogP contribution in [0.25, 0.3) is 0 Å². The van der Waals surface area contributed by atoms with Gasteiger partial charge in [-0.1, -0.05) is 37.6 Å². The van der Waals surface area contributed by atoms with Crippen molar-refractivity contribution >= 4 is 5.91 Å². The summed E-state index contributed by atoms with van der Waals surface area (Å²) in [7, 11) is 0. The highest BCUT2D eigenvalue weighted by atomic mass is 16.1. The van der Waals surface area contributed by atoms with E-state index in [1.807, 2.05) is 0 Å². The Morgan fingerprint density at radius 3 is 2.50 bits per heavy atom. The maximum absolute atomic E-state index is 12.1. The smallest absolute Gasteiger partial charge is 0.220 e. The average Bonchev–Trinajstić information content (AvgIpc) is 3.08. The molecule has 2 bridgehead atoms. The number of hydrogen-bond acceptors (Lipinski definition) is 1. The molecule has 1 aromatic carbocycles. The van der Waals surface area contributed by atoms with E-state index in [2.05, 4.69) is 36.5 Å². The van der Waals surface area contributed by atoms with Gasteiger partial charge in [-0.3, -0.25) is 4.79 Å². The fourth-order valence-electron chi connectivity index (χ4n) is 3.90. The van der Waals surface area contributed by atoms with Crippen LogP contribution in [0.5, 0.6) is 0 Å². The lowest BCUT2D eigenvalue weighted by Gasteiger charge is -2.22. The lowest BCUT2D eigenvalue weighted by molar-refractivity contribution is -0.122. The van der Waals surface area contributed by atoms with Crippen molar-refractivity contribution in [1.29, 1.82) is 0 Å². The molecule has 20 heavy (non-hydrogen) atoms. The molecule has 0 saturated heterocycles. The second kappa shape index (κ2) is 5.99. The van der Waals surface area contributed by atoms with Crippen molar-refractivity contribution in [3.63, 3.8) is 0 Å². The highest BCUT2D eigenvalue weighted by molar-refractivity contribution is 5.76. The third-order valence-electron chi connectivity index (χ3n) is 5.16. The highest BCUT2D eigenvalue weighted by Crippen LogP contribution is 2.44. The molecule has 0 unspecified atom stereocenters. The maximum atomic E-state index is 12.1. The lowest BCUT2D eigenvalue weighted by atomic mass is 9.95. The minimum atomic E-state index is 0.238. The summed E-state index contributed by atoms with van der Waals surface area (Å²) in [5.74, 6) is 1.90. The molecule has 2 aliphatic carbocycles. The van der Waals surface area contributed by atoms with Crippen molar-refractivity contribution in [3.8, 4) is 0 Å². The van der Waals surface area contributed by atoms with Crippen LogP contribution in [-0.4, -0.2) is 11.9 Å². The number of benzene rings is 1. The summed E-state index contributed by atoms with van der Waals surface area (Å²) in [6.45, 7) is 2.16. The summed E-state index contributed by atoms with van der Waals surface area (Å²) in [6, 6.07) is 9.13. The van der Waals surface area contributed by atoms with Crippen LogP contribution in [0.2, 0.25) is 0 Å². The standard InChI is InChI=1S/C18H25NO/c1-2-13-3-5-14(6-4-13)8-10-18(20)19-17-12-15-7-9-16(17)11-15/h3-6,15-17H,2,7-12H2,1H3,(H,19,20)/t15-,16-,17+/m1/s1. The molecule has 0 aliphatic heterocycles. The molecule has 3 atom stereocenters. The SMILES string of the molecule is CCc1ccc(CCC(=O)N[C@H]2C[C@@H]3CC[C@@H]2C3)cc1. The summed E-state index contributed by atoms with van der Waals surface area (Å²) in [5, 5.41) is 3.26. The van der Waals surface area contributed by atoms with Gasteiger partial charge in [0.25, 0.3) is 0 Å². The van der Waals surface area contributed by atoms with E-state index in [-0.39, 0.29) is 5.91 Å². The number of aryl methyl sites for hydroxylation is 2. The zero-order chi connectivity index (χ0) is 13.9. The Morgan fingerprint density at radius 1 is 1.15 bits per heavy atom. The largest absolute Gasteiger partial charge is 0.353 e. The van der Waals surface area contributed by atoms with Gasteiger partial charge in [-0.2, -0.15) is 0 Å². The molecule has 2 saturated carbocycles. The van der Waals surface area contributed by atoms with Crippen molar-refractivity contribution in [2.75, 3.05) is 0 Å². The van der Waals surface area contributed by atoms with Crippen molar-refractivity contribution in [2.45, 2.75) is 57.9 Å². The minimum absolute atomic E-state index is 0.238. The van der Waals surface area contributed by atoms with Crippen molar-refractivity contribution in [2.24, 2.45) is 11.8 Å². The quantitative estimate of drug-likeness (QED) is 0.872. The summed E-state index contributed by atoms with van der Waals surface area (Å²) in [6.07, 6.45) is 7.85. The maximum Gasteiger partial charge on any atom is 0.220 e. The van der Waals surface area contributed by atoms with Gasteiger partial charge in [0.15, 0.2) is 0 Å². The lowest BCUT2D eigenvalue weighted by Crippen LogP contribution is -2.38. The van der Waals surface area contributed by atoms with Crippen molar-refractivity contribution < 1.29 is 4.79 Å². The second-order valence-electron chi connectivity index (χ2n) is 6.52. The Hall–Kier alpha value is -1.31. The molecule has 3 rings (SSSR count). The first-order chi connectivity index (χ1) is 9.74. The van der Waals surface area contributed by atoms with Crippen LogP contribution in [0, 0.1) is 11.8 Å². The zero-order valence-corrected chi connectivity index (χ0v) is 12.4. The molecule has 1 N–H and O–H groups in total. The first-order valence-corrected chi connectivity index (χ1v) is 8.11. The Kier molecular flexibility index (Phi) is 4.09. The van der Waals surface area contributed by atoms with Gasteiger partial charge < -0.3 is 5.32 Å². The van der Waals surface area contributed by atoms with Gasteiger partial charge in [-0.15, -0.1) is 0 Å². The van der Waals surface area contributed by atoms with E-state index in [1.165, 1.54) is 36.8 Å². The van der Waals surface area contributed by atoms with Crippen LogP contribution in [0.1, 0.15) is 50.2 Å². The average molecular weight is 271 g/mol. The molecule has 1 aromatic rings.